The standard InChI is InChI=1S/C14H15FN2O3/c1-3-14(4-2)11(18)16-13(20)17(12(14)19)10-7-5-9(15)6-8-10/h5-8H,3-4H2,1-2H3,(H,16,18,20). The second-order valence-electron chi connectivity index (χ2n) is 4.67. The number of anilines is 1. The zero-order chi connectivity index (χ0) is 14.9. The SMILES string of the molecule is CCC1(CC)C(=O)NC(=O)N(c2ccc(F)cc2)C1=O. The van der Waals surface area contributed by atoms with E-state index in [1.807, 2.05) is 0 Å². The second kappa shape index (κ2) is 5.03. The summed E-state index contributed by atoms with van der Waals surface area (Å²) in [6.07, 6.45) is 0.582. The minimum absolute atomic E-state index is 0.243. The molecule has 0 aromatic heterocycles. The Bertz CT molecular complexity index is 564. The smallest absolute Gasteiger partial charge is 0.276 e. The van der Waals surface area contributed by atoms with E-state index in [1.165, 1.54) is 12.1 Å². The van der Waals surface area contributed by atoms with Crippen LogP contribution in [0.1, 0.15) is 26.7 Å². The maximum atomic E-state index is 12.9. The van der Waals surface area contributed by atoms with Gasteiger partial charge >= 0.3 is 6.03 Å². The van der Waals surface area contributed by atoms with E-state index in [9.17, 15) is 18.8 Å². The number of amides is 4. The van der Waals surface area contributed by atoms with E-state index in [0.29, 0.717) is 12.8 Å². The molecule has 0 unspecified atom stereocenters. The van der Waals surface area contributed by atoms with Crippen molar-refractivity contribution in [2.45, 2.75) is 26.7 Å². The molecule has 2 rings (SSSR count). The molecule has 1 N–H and O–H groups in total. The van der Waals surface area contributed by atoms with Crippen LogP contribution in [0, 0.1) is 11.2 Å². The van der Waals surface area contributed by atoms with Crippen LogP contribution in [-0.4, -0.2) is 17.8 Å². The van der Waals surface area contributed by atoms with Crippen LogP contribution in [0.2, 0.25) is 0 Å². The molecule has 0 bridgehead atoms. The average molecular weight is 278 g/mol. The molecular weight excluding hydrogens is 263 g/mol. The fourth-order valence-corrected chi connectivity index (χ4v) is 2.37. The topological polar surface area (TPSA) is 66.5 Å². The van der Waals surface area contributed by atoms with E-state index < -0.39 is 29.1 Å². The van der Waals surface area contributed by atoms with Crippen molar-refractivity contribution in [3.8, 4) is 0 Å². The van der Waals surface area contributed by atoms with E-state index in [4.69, 9.17) is 0 Å². The number of benzene rings is 1. The van der Waals surface area contributed by atoms with Gasteiger partial charge in [-0.1, -0.05) is 13.8 Å². The lowest BCUT2D eigenvalue weighted by Gasteiger charge is -2.38. The summed E-state index contributed by atoms with van der Waals surface area (Å²) in [4.78, 5) is 37.4. The lowest BCUT2D eigenvalue weighted by Crippen LogP contribution is -2.63. The largest absolute Gasteiger partial charge is 0.335 e. The summed E-state index contributed by atoms with van der Waals surface area (Å²) in [6, 6.07) is 4.18. The Labute approximate surface area is 115 Å². The molecular formula is C14H15FN2O3. The molecule has 4 amide bonds. The van der Waals surface area contributed by atoms with E-state index >= 15 is 0 Å². The molecule has 1 aromatic rings. The molecule has 0 atom stereocenters. The Morgan fingerprint density at radius 3 is 2.15 bits per heavy atom. The predicted octanol–water partition coefficient (Wildman–Crippen LogP) is 2.21. The number of hydrogen-bond acceptors (Lipinski definition) is 3. The van der Waals surface area contributed by atoms with Gasteiger partial charge in [-0.25, -0.2) is 14.1 Å². The lowest BCUT2D eigenvalue weighted by molar-refractivity contribution is -0.143. The fourth-order valence-electron chi connectivity index (χ4n) is 2.37. The third-order valence-corrected chi connectivity index (χ3v) is 3.76. The number of rotatable bonds is 3. The monoisotopic (exact) mass is 278 g/mol. The Morgan fingerprint density at radius 2 is 1.65 bits per heavy atom. The molecule has 1 aliphatic heterocycles. The zero-order valence-corrected chi connectivity index (χ0v) is 11.3. The van der Waals surface area contributed by atoms with E-state index in [2.05, 4.69) is 5.32 Å². The van der Waals surface area contributed by atoms with Crippen molar-refractivity contribution >= 4 is 23.5 Å². The summed E-state index contributed by atoms with van der Waals surface area (Å²) < 4.78 is 12.9. The molecule has 1 aliphatic rings. The van der Waals surface area contributed by atoms with Crippen LogP contribution in [0.15, 0.2) is 24.3 Å². The minimum Gasteiger partial charge on any atom is -0.276 e. The third kappa shape index (κ3) is 1.97. The number of carbonyl (C=O) groups is 3. The first-order valence-corrected chi connectivity index (χ1v) is 6.41. The molecule has 106 valence electrons. The number of nitrogens with one attached hydrogen (secondary N) is 1. The fraction of sp³-hybridized carbons (Fsp3) is 0.357. The van der Waals surface area contributed by atoms with Crippen molar-refractivity contribution in [1.82, 2.24) is 5.32 Å². The normalized spacial score (nSPS) is 18.1. The zero-order valence-electron chi connectivity index (χ0n) is 11.3. The van der Waals surface area contributed by atoms with Crippen molar-refractivity contribution in [3.05, 3.63) is 30.1 Å². The number of urea groups is 1. The summed E-state index contributed by atoms with van der Waals surface area (Å²) >= 11 is 0. The maximum absolute atomic E-state index is 12.9. The van der Waals surface area contributed by atoms with Gasteiger partial charge in [0.2, 0.25) is 5.91 Å². The molecule has 1 aromatic carbocycles. The summed E-state index contributed by atoms with van der Waals surface area (Å²) in [6.45, 7) is 3.44. The number of halogens is 1. The number of hydrogen-bond donors (Lipinski definition) is 1. The van der Waals surface area contributed by atoms with Crippen LogP contribution >= 0.6 is 0 Å². The van der Waals surface area contributed by atoms with Crippen molar-refractivity contribution in [3.63, 3.8) is 0 Å². The highest BCUT2D eigenvalue weighted by atomic mass is 19.1. The van der Waals surface area contributed by atoms with Crippen LogP contribution in [-0.2, 0) is 9.59 Å². The summed E-state index contributed by atoms with van der Waals surface area (Å²) in [7, 11) is 0. The first-order chi connectivity index (χ1) is 9.46. The van der Waals surface area contributed by atoms with Crippen LogP contribution in [0.25, 0.3) is 0 Å². The van der Waals surface area contributed by atoms with Crippen molar-refractivity contribution in [2.24, 2.45) is 5.41 Å². The van der Waals surface area contributed by atoms with Gasteiger partial charge in [-0.2, -0.15) is 0 Å². The molecule has 20 heavy (non-hydrogen) atoms. The molecule has 1 fully saturated rings. The Hall–Kier alpha value is -2.24. The number of barbiturate groups is 1. The Morgan fingerprint density at radius 1 is 1.10 bits per heavy atom. The van der Waals surface area contributed by atoms with Gasteiger partial charge in [0.05, 0.1) is 5.69 Å². The summed E-state index contributed by atoms with van der Waals surface area (Å²) in [5.74, 6) is -1.61. The molecule has 0 spiro atoms. The van der Waals surface area contributed by atoms with E-state index in [1.54, 1.807) is 13.8 Å². The highest BCUT2D eigenvalue weighted by molar-refractivity contribution is 6.29. The Balaban J connectivity index is 2.47. The van der Waals surface area contributed by atoms with Crippen molar-refractivity contribution in [1.29, 1.82) is 0 Å². The minimum atomic E-state index is -1.25. The molecule has 1 heterocycles. The predicted molar refractivity (Wildman–Crippen MR) is 70.4 cm³/mol. The van der Waals surface area contributed by atoms with Crippen molar-refractivity contribution < 1.29 is 18.8 Å². The van der Waals surface area contributed by atoms with Gasteiger partial charge in [-0.05, 0) is 37.1 Å². The molecule has 1 saturated heterocycles. The maximum Gasteiger partial charge on any atom is 0.335 e. The van der Waals surface area contributed by atoms with E-state index in [-0.39, 0.29) is 5.69 Å². The van der Waals surface area contributed by atoms with Crippen LogP contribution < -0.4 is 10.2 Å². The molecule has 6 heteroatoms. The van der Waals surface area contributed by atoms with Gasteiger partial charge in [-0.3, -0.25) is 14.9 Å². The molecule has 0 aliphatic carbocycles. The molecule has 5 nitrogen and oxygen atoms in total. The van der Waals surface area contributed by atoms with Gasteiger partial charge in [0.25, 0.3) is 5.91 Å². The molecule has 0 radical (unpaired) electrons. The first-order valence-electron chi connectivity index (χ1n) is 6.41. The van der Waals surface area contributed by atoms with Gasteiger partial charge < -0.3 is 0 Å². The van der Waals surface area contributed by atoms with Crippen LogP contribution in [0.3, 0.4) is 0 Å². The van der Waals surface area contributed by atoms with Crippen LogP contribution in [0.4, 0.5) is 14.9 Å². The summed E-state index contributed by atoms with van der Waals surface area (Å²) in [5, 5.41) is 2.20. The lowest BCUT2D eigenvalue weighted by atomic mass is 9.78. The van der Waals surface area contributed by atoms with Crippen molar-refractivity contribution in [2.75, 3.05) is 4.90 Å². The number of imide groups is 2. The van der Waals surface area contributed by atoms with Gasteiger partial charge in [0.15, 0.2) is 0 Å². The number of nitrogens with zero attached hydrogens (tertiary/aromatic N) is 1. The van der Waals surface area contributed by atoms with E-state index in [0.717, 1.165) is 17.0 Å². The first kappa shape index (κ1) is 14.2. The molecule has 0 saturated carbocycles. The second-order valence-corrected chi connectivity index (χ2v) is 4.67. The Kier molecular flexibility index (Phi) is 3.57. The highest BCUT2D eigenvalue weighted by Gasteiger charge is 2.51. The third-order valence-electron chi connectivity index (χ3n) is 3.76. The summed E-state index contributed by atoms with van der Waals surface area (Å²) in [5.41, 5.74) is -1.00. The average Bonchev–Trinajstić information content (AvgIpc) is 2.42. The van der Waals surface area contributed by atoms with Gasteiger partial charge in [0.1, 0.15) is 11.2 Å². The van der Waals surface area contributed by atoms with Gasteiger partial charge in [0, 0.05) is 0 Å². The highest BCUT2D eigenvalue weighted by Crippen LogP contribution is 2.34. The quantitative estimate of drug-likeness (QED) is 0.862. The van der Waals surface area contributed by atoms with Crippen LogP contribution in [0.5, 0.6) is 0 Å². The van der Waals surface area contributed by atoms with Gasteiger partial charge in [-0.15, -0.1) is 0 Å². The number of carbonyl (C=O) groups excluding carboxylic acids is 3.